The van der Waals surface area contributed by atoms with Gasteiger partial charge in [-0.3, -0.25) is 0 Å². The first-order valence-corrected chi connectivity index (χ1v) is 6.69. The van der Waals surface area contributed by atoms with Crippen LogP contribution in [0.4, 0.5) is 5.69 Å². The van der Waals surface area contributed by atoms with Crippen molar-refractivity contribution in [1.29, 1.82) is 5.26 Å². The summed E-state index contributed by atoms with van der Waals surface area (Å²) in [6.45, 7) is 6.83. The van der Waals surface area contributed by atoms with E-state index >= 15 is 0 Å². The Hall–Kier alpha value is -2.02. The fourth-order valence-corrected chi connectivity index (χ4v) is 1.91. The van der Waals surface area contributed by atoms with Gasteiger partial charge in [0, 0.05) is 18.7 Å². The number of hydrogen-bond donors (Lipinski definition) is 1. The van der Waals surface area contributed by atoms with E-state index in [4.69, 9.17) is 10.00 Å². The summed E-state index contributed by atoms with van der Waals surface area (Å²) in [5.74, 6) is -0.342. The summed E-state index contributed by atoms with van der Waals surface area (Å²) in [6, 6.07) is 7.83. The summed E-state index contributed by atoms with van der Waals surface area (Å²) in [7, 11) is 1.38. The van der Waals surface area contributed by atoms with Gasteiger partial charge in [0.25, 0.3) is 0 Å². The van der Waals surface area contributed by atoms with Gasteiger partial charge >= 0.3 is 5.97 Å². The average molecular weight is 274 g/mol. The van der Waals surface area contributed by atoms with Crippen molar-refractivity contribution in [2.45, 2.75) is 33.6 Å². The summed E-state index contributed by atoms with van der Waals surface area (Å²) in [5.41, 5.74) is 2.32. The van der Waals surface area contributed by atoms with Gasteiger partial charge in [0.15, 0.2) is 0 Å². The Morgan fingerprint density at radius 1 is 1.45 bits per heavy atom. The first kappa shape index (κ1) is 16.0. The molecule has 0 unspecified atom stereocenters. The largest absolute Gasteiger partial charge is 0.465 e. The monoisotopic (exact) mass is 274 g/mol. The molecule has 0 saturated heterocycles. The van der Waals surface area contributed by atoms with Crippen LogP contribution in [0.2, 0.25) is 0 Å². The molecule has 0 aromatic heterocycles. The van der Waals surface area contributed by atoms with Crippen LogP contribution in [0.1, 0.15) is 42.6 Å². The SMILES string of the molecule is COC(=O)c1cc(C)ccc1NCC(C)(C)CCC#N. The number of anilines is 1. The standard InChI is InChI=1S/C16H22N2O2/c1-12-6-7-14(13(10-12)15(19)20-4)18-11-16(2,3)8-5-9-17/h6-7,10,18H,5,8,11H2,1-4H3. The Morgan fingerprint density at radius 2 is 2.15 bits per heavy atom. The summed E-state index contributed by atoms with van der Waals surface area (Å²) < 4.78 is 4.81. The van der Waals surface area contributed by atoms with Crippen molar-refractivity contribution in [2.24, 2.45) is 5.41 Å². The second-order valence-corrected chi connectivity index (χ2v) is 5.72. The van der Waals surface area contributed by atoms with E-state index in [9.17, 15) is 4.79 Å². The molecule has 1 aromatic rings. The van der Waals surface area contributed by atoms with Gasteiger partial charge in [0.1, 0.15) is 0 Å². The van der Waals surface area contributed by atoms with Gasteiger partial charge in [-0.25, -0.2) is 4.79 Å². The van der Waals surface area contributed by atoms with Crippen molar-refractivity contribution >= 4 is 11.7 Å². The topological polar surface area (TPSA) is 62.1 Å². The van der Waals surface area contributed by atoms with E-state index in [-0.39, 0.29) is 11.4 Å². The van der Waals surface area contributed by atoms with E-state index < -0.39 is 0 Å². The van der Waals surface area contributed by atoms with Gasteiger partial charge in [-0.2, -0.15) is 5.26 Å². The number of rotatable bonds is 6. The van der Waals surface area contributed by atoms with Crippen molar-refractivity contribution in [1.82, 2.24) is 0 Å². The molecule has 4 nitrogen and oxygen atoms in total. The predicted octanol–water partition coefficient (Wildman–Crippen LogP) is 3.52. The number of carbonyl (C=O) groups excluding carboxylic acids is 1. The fraction of sp³-hybridized carbons (Fsp3) is 0.500. The second-order valence-electron chi connectivity index (χ2n) is 5.72. The quantitative estimate of drug-likeness (QED) is 0.806. The van der Waals surface area contributed by atoms with Gasteiger partial charge in [-0.15, -0.1) is 0 Å². The van der Waals surface area contributed by atoms with Gasteiger partial charge in [-0.05, 0) is 30.9 Å². The highest BCUT2D eigenvalue weighted by atomic mass is 16.5. The molecular weight excluding hydrogens is 252 g/mol. The van der Waals surface area contributed by atoms with E-state index in [2.05, 4.69) is 25.2 Å². The average Bonchev–Trinajstić information content (AvgIpc) is 2.43. The first-order valence-electron chi connectivity index (χ1n) is 6.69. The third kappa shape index (κ3) is 4.58. The van der Waals surface area contributed by atoms with E-state index in [1.165, 1.54) is 7.11 Å². The Balaban J connectivity index is 2.82. The zero-order valence-corrected chi connectivity index (χ0v) is 12.6. The minimum atomic E-state index is -0.342. The van der Waals surface area contributed by atoms with Crippen molar-refractivity contribution in [3.63, 3.8) is 0 Å². The Bertz CT molecular complexity index is 516. The number of aryl methyl sites for hydroxylation is 1. The van der Waals surface area contributed by atoms with Crippen LogP contribution in [-0.2, 0) is 4.74 Å². The molecule has 0 radical (unpaired) electrons. The summed E-state index contributed by atoms with van der Waals surface area (Å²) in [4.78, 5) is 11.8. The molecule has 20 heavy (non-hydrogen) atoms. The lowest BCUT2D eigenvalue weighted by atomic mass is 9.88. The minimum Gasteiger partial charge on any atom is -0.465 e. The second kappa shape index (κ2) is 6.95. The molecule has 0 aliphatic heterocycles. The smallest absolute Gasteiger partial charge is 0.339 e. The third-order valence-electron chi connectivity index (χ3n) is 3.25. The minimum absolute atomic E-state index is 0.00595. The van der Waals surface area contributed by atoms with Crippen LogP contribution in [0.25, 0.3) is 0 Å². The third-order valence-corrected chi connectivity index (χ3v) is 3.25. The van der Waals surface area contributed by atoms with Crippen LogP contribution < -0.4 is 5.32 Å². The van der Waals surface area contributed by atoms with Crippen LogP contribution in [0.3, 0.4) is 0 Å². The molecule has 108 valence electrons. The molecule has 0 amide bonds. The van der Waals surface area contributed by atoms with Crippen LogP contribution in [-0.4, -0.2) is 19.6 Å². The van der Waals surface area contributed by atoms with Crippen LogP contribution in [0.5, 0.6) is 0 Å². The maximum absolute atomic E-state index is 11.8. The molecule has 0 aliphatic carbocycles. The van der Waals surface area contributed by atoms with Gasteiger partial charge < -0.3 is 10.1 Å². The number of ether oxygens (including phenoxy) is 1. The number of nitrogens with one attached hydrogen (secondary N) is 1. The van der Waals surface area contributed by atoms with E-state index in [0.717, 1.165) is 17.7 Å². The molecule has 0 heterocycles. The predicted molar refractivity (Wildman–Crippen MR) is 79.6 cm³/mol. The van der Waals surface area contributed by atoms with Crippen molar-refractivity contribution in [3.05, 3.63) is 29.3 Å². The number of nitriles is 1. The maximum Gasteiger partial charge on any atom is 0.339 e. The number of carbonyl (C=O) groups is 1. The van der Waals surface area contributed by atoms with E-state index in [0.29, 0.717) is 18.5 Å². The molecule has 1 N–H and O–H groups in total. The molecule has 4 heteroatoms. The van der Waals surface area contributed by atoms with Gasteiger partial charge in [0.2, 0.25) is 0 Å². The molecule has 0 bridgehead atoms. The Morgan fingerprint density at radius 3 is 2.75 bits per heavy atom. The van der Waals surface area contributed by atoms with E-state index in [1.807, 2.05) is 25.1 Å². The summed E-state index contributed by atoms with van der Waals surface area (Å²) >= 11 is 0. The summed E-state index contributed by atoms with van der Waals surface area (Å²) in [5, 5.41) is 12.0. The van der Waals surface area contributed by atoms with Crippen molar-refractivity contribution < 1.29 is 9.53 Å². The lowest BCUT2D eigenvalue weighted by Crippen LogP contribution is -2.24. The number of nitrogens with zero attached hydrogens (tertiary/aromatic N) is 1. The molecule has 0 spiro atoms. The lowest BCUT2D eigenvalue weighted by molar-refractivity contribution is 0.0601. The zero-order valence-electron chi connectivity index (χ0n) is 12.6. The van der Waals surface area contributed by atoms with Crippen molar-refractivity contribution in [2.75, 3.05) is 19.0 Å². The highest BCUT2D eigenvalue weighted by molar-refractivity contribution is 5.95. The van der Waals surface area contributed by atoms with Crippen molar-refractivity contribution in [3.8, 4) is 6.07 Å². The molecule has 1 rings (SSSR count). The normalized spacial score (nSPS) is 10.8. The molecule has 0 atom stereocenters. The Kier molecular flexibility index (Phi) is 5.57. The number of benzene rings is 1. The molecule has 0 saturated carbocycles. The highest BCUT2D eigenvalue weighted by Gasteiger charge is 2.19. The molecule has 0 fully saturated rings. The lowest BCUT2D eigenvalue weighted by Gasteiger charge is -2.25. The molecule has 1 aromatic carbocycles. The van der Waals surface area contributed by atoms with Crippen LogP contribution >= 0.6 is 0 Å². The first-order chi connectivity index (χ1) is 9.39. The fourth-order valence-electron chi connectivity index (χ4n) is 1.91. The maximum atomic E-state index is 11.8. The highest BCUT2D eigenvalue weighted by Crippen LogP contribution is 2.25. The van der Waals surface area contributed by atoms with Crippen LogP contribution in [0.15, 0.2) is 18.2 Å². The Labute approximate surface area is 120 Å². The van der Waals surface area contributed by atoms with Gasteiger partial charge in [-0.1, -0.05) is 25.5 Å². The zero-order chi connectivity index (χ0) is 15.2. The molecular formula is C16H22N2O2. The number of hydrogen-bond acceptors (Lipinski definition) is 4. The number of esters is 1. The molecule has 0 aliphatic rings. The van der Waals surface area contributed by atoms with Gasteiger partial charge in [0.05, 0.1) is 18.7 Å². The summed E-state index contributed by atoms with van der Waals surface area (Å²) in [6.07, 6.45) is 1.35. The number of methoxy groups -OCH3 is 1. The van der Waals surface area contributed by atoms with E-state index in [1.54, 1.807) is 0 Å². The van der Waals surface area contributed by atoms with Crippen LogP contribution in [0, 0.1) is 23.7 Å².